The summed E-state index contributed by atoms with van der Waals surface area (Å²) < 4.78 is 15.9. The lowest BCUT2D eigenvalue weighted by molar-refractivity contribution is -0.171. The number of hydrogen-bond donors (Lipinski definition) is 0. The van der Waals surface area contributed by atoms with Crippen LogP contribution in [-0.2, 0) is 19.0 Å². The molecular weight excluding hydrogens is 208 g/mol. The molecule has 0 N–H and O–H groups in total. The molecule has 0 saturated heterocycles. The van der Waals surface area contributed by atoms with Crippen LogP contribution in [0.15, 0.2) is 0 Å². The molecule has 0 aliphatic rings. The zero-order valence-corrected chi connectivity index (χ0v) is 11.2. The molecule has 0 aromatic carbocycles. The average molecular weight is 232 g/mol. The van der Waals surface area contributed by atoms with Crippen LogP contribution in [0.5, 0.6) is 0 Å². The third kappa shape index (κ3) is 7.65. The lowest BCUT2D eigenvalue weighted by Gasteiger charge is -2.24. The van der Waals surface area contributed by atoms with Gasteiger partial charge in [-0.3, -0.25) is 0 Å². The summed E-state index contributed by atoms with van der Waals surface area (Å²) in [5, 5.41) is 0. The topological polar surface area (TPSA) is 44.8 Å². The van der Waals surface area contributed by atoms with Gasteiger partial charge in [-0.25, -0.2) is 4.79 Å². The maximum Gasteiger partial charge on any atom is 0.335 e. The van der Waals surface area contributed by atoms with Crippen molar-refractivity contribution < 1.29 is 19.0 Å². The largest absolute Gasteiger partial charge is 0.458 e. The van der Waals surface area contributed by atoms with E-state index in [2.05, 4.69) is 0 Å². The van der Waals surface area contributed by atoms with E-state index in [1.54, 1.807) is 6.92 Å². The van der Waals surface area contributed by atoms with Crippen LogP contribution in [0.1, 0.15) is 41.5 Å². The molecular formula is C12H24O4. The summed E-state index contributed by atoms with van der Waals surface area (Å²) in [4.78, 5) is 11.6. The molecule has 2 atom stereocenters. The van der Waals surface area contributed by atoms with Gasteiger partial charge in [0, 0.05) is 6.61 Å². The highest BCUT2D eigenvalue weighted by atomic mass is 16.6. The summed E-state index contributed by atoms with van der Waals surface area (Å²) in [5.74, 6) is -0.337. The summed E-state index contributed by atoms with van der Waals surface area (Å²) in [6.45, 7) is 12.1. The van der Waals surface area contributed by atoms with Gasteiger partial charge in [-0.1, -0.05) is 0 Å². The molecule has 0 aliphatic heterocycles. The minimum absolute atomic E-state index is 0.109. The monoisotopic (exact) mass is 232 g/mol. The Morgan fingerprint density at radius 2 is 1.81 bits per heavy atom. The van der Waals surface area contributed by atoms with Crippen LogP contribution in [0.4, 0.5) is 0 Å². The van der Waals surface area contributed by atoms with Gasteiger partial charge in [0.15, 0.2) is 6.10 Å². The molecule has 2 unspecified atom stereocenters. The van der Waals surface area contributed by atoms with Crippen molar-refractivity contribution >= 4 is 5.97 Å². The van der Waals surface area contributed by atoms with Crippen molar-refractivity contribution in [3.05, 3.63) is 0 Å². The molecule has 0 amide bonds. The van der Waals surface area contributed by atoms with Crippen LogP contribution in [-0.4, -0.2) is 37.0 Å². The third-order valence-electron chi connectivity index (χ3n) is 1.73. The maximum absolute atomic E-state index is 11.6. The number of carbonyl (C=O) groups is 1. The number of carbonyl (C=O) groups excluding carboxylic acids is 1. The molecule has 0 bridgehead atoms. The lowest BCUT2D eigenvalue weighted by Crippen LogP contribution is -2.34. The van der Waals surface area contributed by atoms with E-state index >= 15 is 0 Å². The number of hydrogen-bond acceptors (Lipinski definition) is 4. The van der Waals surface area contributed by atoms with Gasteiger partial charge in [-0.05, 0) is 41.5 Å². The Balaban J connectivity index is 3.95. The Hall–Kier alpha value is -0.610. The van der Waals surface area contributed by atoms with Gasteiger partial charge in [0.05, 0.1) is 12.7 Å². The van der Waals surface area contributed by atoms with E-state index in [1.807, 2.05) is 34.6 Å². The third-order valence-corrected chi connectivity index (χ3v) is 1.73. The van der Waals surface area contributed by atoms with Crippen LogP contribution in [0.25, 0.3) is 0 Å². The van der Waals surface area contributed by atoms with E-state index in [-0.39, 0.29) is 12.1 Å². The van der Waals surface area contributed by atoms with Crippen LogP contribution in [0, 0.1) is 0 Å². The van der Waals surface area contributed by atoms with Crippen molar-refractivity contribution in [1.82, 2.24) is 0 Å². The molecule has 0 rings (SSSR count). The van der Waals surface area contributed by atoms with Gasteiger partial charge in [-0.2, -0.15) is 0 Å². The minimum atomic E-state index is -0.560. The second-order valence-corrected chi connectivity index (χ2v) is 4.78. The van der Waals surface area contributed by atoms with Crippen molar-refractivity contribution in [3.8, 4) is 0 Å². The Morgan fingerprint density at radius 3 is 2.25 bits per heavy atom. The Labute approximate surface area is 98.3 Å². The first-order valence-corrected chi connectivity index (χ1v) is 5.72. The van der Waals surface area contributed by atoms with E-state index in [0.717, 1.165) is 0 Å². The molecule has 0 fully saturated rings. The van der Waals surface area contributed by atoms with Gasteiger partial charge in [0.2, 0.25) is 0 Å². The number of rotatable bonds is 6. The molecule has 0 heterocycles. The van der Waals surface area contributed by atoms with Gasteiger partial charge in [0.25, 0.3) is 0 Å². The van der Waals surface area contributed by atoms with E-state index in [0.29, 0.717) is 13.2 Å². The summed E-state index contributed by atoms with van der Waals surface area (Å²) in [7, 11) is 0. The molecule has 0 aliphatic carbocycles. The van der Waals surface area contributed by atoms with Crippen LogP contribution < -0.4 is 0 Å². The standard InChI is InChI=1S/C12H24O4/c1-7-14-8-9(2)15-10(3)11(13)16-12(4,5)6/h9-10H,7-8H2,1-6H3. The fourth-order valence-electron chi connectivity index (χ4n) is 1.11. The Kier molecular flexibility index (Phi) is 6.60. The predicted molar refractivity (Wildman–Crippen MR) is 62.3 cm³/mol. The minimum Gasteiger partial charge on any atom is -0.458 e. The van der Waals surface area contributed by atoms with Gasteiger partial charge in [0.1, 0.15) is 5.60 Å². The summed E-state index contributed by atoms with van der Waals surface area (Å²) in [5.41, 5.74) is -0.474. The summed E-state index contributed by atoms with van der Waals surface area (Å²) >= 11 is 0. The van der Waals surface area contributed by atoms with Gasteiger partial charge in [-0.15, -0.1) is 0 Å². The lowest BCUT2D eigenvalue weighted by atomic mass is 10.2. The quantitative estimate of drug-likeness (QED) is 0.658. The number of esters is 1. The van der Waals surface area contributed by atoms with Crippen molar-refractivity contribution in [1.29, 1.82) is 0 Å². The molecule has 0 radical (unpaired) electrons. The SMILES string of the molecule is CCOCC(C)OC(C)C(=O)OC(C)(C)C. The highest BCUT2D eigenvalue weighted by Crippen LogP contribution is 2.10. The molecule has 16 heavy (non-hydrogen) atoms. The van der Waals surface area contributed by atoms with Crippen LogP contribution >= 0.6 is 0 Å². The second-order valence-electron chi connectivity index (χ2n) is 4.78. The molecule has 0 spiro atoms. The van der Waals surface area contributed by atoms with Crippen LogP contribution in [0.2, 0.25) is 0 Å². The zero-order valence-electron chi connectivity index (χ0n) is 11.2. The maximum atomic E-state index is 11.6. The highest BCUT2D eigenvalue weighted by Gasteiger charge is 2.23. The summed E-state index contributed by atoms with van der Waals surface area (Å²) in [6.07, 6.45) is -0.669. The predicted octanol–water partition coefficient (Wildman–Crippen LogP) is 2.16. The van der Waals surface area contributed by atoms with E-state index in [9.17, 15) is 4.79 Å². The molecule has 4 heteroatoms. The first kappa shape index (κ1) is 15.4. The van der Waals surface area contributed by atoms with Crippen LogP contribution in [0.3, 0.4) is 0 Å². The normalized spacial score (nSPS) is 15.6. The van der Waals surface area contributed by atoms with E-state index < -0.39 is 11.7 Å². The smallest absolute Gasteiger partial charge is 0.335 e. The Bertz CT molecular complexity index is 208. The summed E-state index contributed by atoms with van der Waals surface area (Å²) in [6, 6.07) is 0. The Morgan fingerprint density at radius 1 is 1.25 bits per heavy atom. The van der Waals surface area contributed by atoms with E-state index in [4.69, 9.17) is 14.2 Å². The van der Waals surface area contributed by atoms with Crippen molar-refractivity contribution in [2.24, 2.45) is 0 Å². The van der Waals surface area contributed by atoms with Crippen molar-refractivity contribution in [2.45, 2.75) is 59.4 Å². The molecule has 0 saturated carbocycles. The second kappa shape index (κ2) is 6.86. The fraction of sp³-hybridized carbons (Fsp3) is 0.917. The number of ether oxygens (including phenoxy) is 3. The molecule has 4 nitrogen and oxygen atoms in total. The van der Waals surface area contributed by atoms with Gasteiger partial charge < -0.3 is 14.2 Å². The first-order valence-electron chi connectivity index (χ1n) is 5.72. The average Bonchev–Trinajstić information content (AvgIpc) is 2.11. The van der Waals surface area contributed by atoms with Crippen molar-refractivity contribution in [3.63, 3.8) is 0 Å². The van der Waals surface area contributed by atoms with Crippen molar-refractivity contribution in [2.75, 3.05) is 13.2 Å². The van der Waals surface area contributed by atoms with E-state index in [1.165, 1.54) is 0 Å². The fourth-order valence-corrected chi connectivity index (χ4v) is 1.11. The first-order chi connectivity index (χ1) is 7.26. The van der Waals surface area contributed by atoms with Gasteiger partial charge >= 0.3 is 5.97 Å². The molecule has 0 aromatic rings. The zero-order chi connectivity index (χ0) is 12.8. The molecule has 96 valence electrons. The highest BCUT2D eigenvalue weighted by molar-refractivity contribution is 5.74. The molecule has 0 aromatic heterocycles.